The van der Waals surface area contributed by atoms with Crippen LogP contribution in [0.3, 0.4) is 0 Å². The van der Waals surface area contributed by atoms with Gasteiger partial charge >= 0.3 is 17.9 Å². The monoisotopic (exact) mass is 965 g/mol. The Kier molecular flexibility index (Phi) is 26.4. The number of guanidine groups is 1. The van der Waals surface area contributed by atoms with Crippen molar-refractivity contribution in [3.63, 3.8) is 0 Å². The fourth-order valence-electron chi connectivity index (χ4n) is 6.28. The van der Waals surface area contributed by atoms with Gasteiger partial charge in [0.15, 0.2) is 5.96 Å². The van der Waals surface area contributed by atoms with E-state index in [0.29, 0.717) is 5.56 Å². The molecule has 1 rings (SSSR count). The molecule has 380 valence electrons. The Labute approximate surface area is 392 Å². The molecule has 0 unspecified atom stereocenters. The number of nitrogens with zero attached hydrogens (tertiary/aromatic N) is 1. The molecule has 7 amide bonds. The van der Waals surface area contributed by atoms with Gasteiger partial charge in [-0.15, -0.1) is 0 Å². The number of carboxylic acids is 3. The molecule has 1 aromatic rings. The number of aliphatic imine (C=N–C) groups is 1. The lowest BCUT2D eigenvalue weighted by atomic mass is 9.99. The molecule has 1 aromatic carbocycles. The topological polar surface area (TPSA) is 446 Å². The molecule has 68 heavy (non-hydrogen) atoms. The zero-order valence-corrected chi connectivity index (χ0v) is 38.4. The number of hydrogen-bond donors (Lipinski definition) is 15. The van der Waals surface area contributed by atoms with Crippen molar-refractivity contribution in [2.75, 3.05) is 19.8 Å². The van der Waals surface area contributed by atoms with Gasteiger partial charge in [-0.3, -0.25) is 48.1 Å². The lowest BCUT2D eigenvalue weighted by Gasteiger charge is -2.28. The second kappa shape index (κ2) is 30.4. The smallest absolute Gasteiger partial charge is 0.326 e. The molecule has 18 N–H and O–H groups in total. The molecule has 26 heteroatoms. The molecule has 0 aliphatic rings. The van der Waals surface area contributed by atoms with Gasteiger partial charge in [-0.1, -0.05) is 58.0 Å². The van der Waals surface area contributed by atoms with Crippen molar-refractivity contribution in [2.45, 2.75) is 127 Å². The second-order valence-electron chi connectivity index (χ2n) is 16.5. The van der Waals surface area contributed by atoms with E-state index in [1.807, 2.05) is 0 Å². The number of amides is 7. The van der Waals surface area contributed by atoms with Crippen molar-refractivity contribution in [2.24, 2.45) is 34.0 Å². The third-order valence-electron chi connectivity index (χ3n) is 9.98. The summed E-state index contributed by atoms with van der Waals surface area (Å²) in [6, 6.07) is -4.08. The molecule has 0 fully saturated rings. The highest BCUT2D eigenvalue weighted by Crippen LogP contribution is 2.11. The van der Waals surface area contributed by atoms with E-state index < -0.39 is 146 Å². The normalized spacial score (nSPS) is 14.5. The lowest BCUT2D eigenvalue weighted by molar-refractivity contribution is -0.143. The largest absolute Gasteiger partial charge is 0.481 e. The number of nitrogens with one attached hydrogen (secondary N) is 7. The molecule has 0 bridgehead atoms. The van der Waals surface area contributed by atoms with E-state index in [1.165, 1.54) is 0 Å². The molecule has 0 aliphatic heterocycles. The summed E-state index contributed by atoms with van der Waals surface area (Å²) >= 11 is 0. The van der Waals surface area contributed by atoms with Gasteiger partial charge in [0, 0.05) is 25.8 Å². The minimum Gasteiger partial charge on any atom is -0.481 e. The number of carboxylic acid groups (broad SMARTS) is 3. The van der Waals surface area contributed by atoms with Crippen LogP contribution in [0.5, 0.6) is 0 Å². The number of aliphatic carboxylic acids is 3. The van der Waals surface area contributed by atoms with Crippen LogP contribution >= 0.6 is 0 Å². The Morgan fingerprint density at radius 1 is 0.559 bits per heavy atom. The van der Waals surface area contributed by atoms with Gasteiger partial charge in [-0.25, -0.2) is 4.79 Å². The zero-order chi connectivity index (χ0) is 51.7. The molecule has 26 nitrogen and oxygen atoms in total. The molecular formula is C42H67N11O15. The summed E-state index contributed by atoms with van der Waals surface area (Å²) in [7, 11) is 0. The van der Waals surface area contributed by atoms with Crippen molar-refractivity contribution in [1.29, 1.82) is 0 Å². The Bertz CT molecular complexity index is 1910. The average molecular weight is 966 g/mol. The highest BCUT2D eigenvalue weighted by Gasteiger charge is 2.35. The van der Waals surface area contributed by atoms with Crippen LogP contribution in [0, 0.1) is 11.8 Å². The first-order chi connectivity index (χ1) is 31.9. The third-order valence-corrected chi connectivity index (χ3v) is 9.98. The molecular weight excluding hydrogens is 899 g/mol. The number of carbonyl (C=O) groups excluding carboxylic acids is 7. The summed E-state index contributed by atoms with van der Waals surface area (Å²) in [4.78, 5) is 132. The maximum atomic E-state index is 13.9. The van der Waals surface area contributed by atoms with Gasteiger partial charge in [0.05, 0.1) is 19.3 Å². The van der Waals surface area contributed by atoms with E-state index in [1.54, 1.807) is 58.0 Å². The fourth-order valence-corrected chi connectivity index (χ4v) is 6.28. The second-order valence-corrected chi connectivity index (χ2v) is 16.5. The molecule has 0 aliphatic carbocycles. The van der Waals surface area contributed by atoms with E-state index in [4.69, 9.17) is 22.3 Å². The standard InChI is InChI=1S/C42H67N11O15/c1-21(2)17-27(49-34(60)24(43)12-14-31(56)57)37(63)53-33(22(3)4)40(66)52-30(20-55)38(64)47-25(13-15-32(58)59)35(61)50-28(18-23-9-6-5-7-10-23)36(62)51-29(19-54)39(65)48-26(41(67)68)11-8-16-46-42(44)45/h5-7,9-10,21-22,24-30,33,54-55H,8,11-20,43H2,1-4H3,(H,47,64)(H,48,65)(H,49,60)(H,50,61)(H,51,62)(H,52,66)(H,53,63)(H,56,57)(H,58,59)(H,67,68)(H4,44,45,46)/t24-,25-,26-,27-,28-,29-,30-,33-/m0/s1. The minimum atomic E-state index is -1.80. The number of carbonyl (C=O) groups is 10. The lowest BCUT2D eigenvalue weighted by Crippen LogP contribution is -2.61. The van der Waals surface area contributed by atoms with Crippen LogP contribution in [0.1, 0.15) is 78.2 Å². The molecule has 0 aromatic heterocycles. The van der Waals surface area contributed by atoms with Gasteiger partial charge in [-0.05, 0) is 49.5 Å². The van der Waals surface area contributed by atoms with Gasteiger partial charge in [0.2, 0.25) is 41.4 Å². The molecule has 0 spiro atoms. The number of rotatable bonds is 32. The van der Waals surface area contributed by atoms with E-state index in [9.17, 15) is 68.4 Å². The summed E-state index contributed by atoms with van der Waals surface area (Å²) in [6.07, 6.45) is -2.06. The Balaban J connectivity index is 3.33. The Morgan fingerprint density at radius 3 is 1.51 bits per heavy atom. The highest BCUT2D eigenvalue weighted by atomic mass is 16.4. The average Bonchev–Trinajstić information content (AvgIpc) is 3.26. The molecule has 0 saturated carbocycles. The number of hydrogen-bond acceptors (Lipinski definition) is 14. The first-order valence-corrected chi connectivity index (χ1v) is 21.8. The van der Waals surface area contributed by atoms with Crippen LogP contribution in [0.25, 0.3) is 0 Å². The quantitative estimate of drug-likeness (QED) is 0.0184. The van der Waals surface area contributed by atoms with E-state index in [-0.39, 0.29) is 50.5 Å². The van der Waals surface area contributed by atoms with Crippen LogP contribution in [-0.4, -0.2) is 159 Å². The Morgan fingerprint density at radius 2 is 1.01 bits per heavy atom. The van der Waals surface area contributed by atoms with Crippen LogP contribution in [0.4, 0.5) is 0 Å². The maximum Gasteiger partial charge on any atom is 0.326 e. The summed E-state index contributed by atoms with van der Waals surface area (Å²) < 4.78 is 0. The van der Waals surface area contributed by atoms with Crippen molar-refractivity contribution in [1.82, 2.24) is 37.2 Å². The summed E-state index contributed by atoms with van der Waals surface area (Å²) in [6.45, 7) is 4.57. The van der Waals surface area contributed by atoms with Gasteiger partial charge in [-0.2, -0.15) is 0 Å². The van der Waals surface area contributed by atoms with Gasteiger partial charge in [0.1, 0.15) is 42.3 Å². The highest BCUT2D eigenvalue weighted by molar-refractivity contribution is 5.98. The first-order valence-electron chi connectivity index (χ1n) is 21.8. The first kappa shape index (κ1) is 59.1. The number of aliphatic hydroxyl groups excluding tert-OH is 2. The predicted octanol–water partition coefficient (Wildman–Crippen LogP) is -4.50. The third kappa shape index (κ3) is 22.5. The number of nitrogens with two attached hydrogens (primary N) is 3. The molecule has 0 radical (unpaired) electrons. The predicted molar refractivity (Wildman–Crippen MR) is 241 cm³/mol. The molecule has 8 atom stereocenters. The van der Waals surface area contributed by atoms with Crippen molar-refractivity contribution >= 4 is 65.2 Å². The van der Waals surface area contributed by atoms with Crippen LogP contribution < -0.4 is 54.4 Å². The van der Waals surface area contributed by atoms with Crippen molar-refractivity contribution < 1.29 is 73.5 Å². The maximum absolute atomic E-state index is 13.9. The minimum absolute atomic E-state index is 0.0464. The Hall–Kier alpha value is -6.93. The van der Waals surface area contributed by atoms with Crippen LogP contribution in [-0.2, 0) is 54.4 Å². The van der Waals surface area contributed by atoms with E-state index in [0.717, 1.165) is 0 Å². The molecule has 0 saturated heterocycles. The summed E-state index contributed by atoms with van der Waals surface area (Å²) in [5.41, 5.74) is 16.9. The van der Waals surface area contributed by atoms with E-state index in [2.05, 4.69) is 42.2 Å². The van der Waals surface area contributed by atoms with Gasteiger partial charge < -0.3 is 80.0 Å². The fraction of sp³-hybridized carbons (Fsp3) is 0.595. The SMILES string of the molecule is CC(C)C[C@H](NC(=O)[C@@H](N)CCC(=O)O)C(=O)N[C@H](C(=O)N[C@@H](CO)C(=O)N[C@@H](CCC(=O)O)C(=O)N[C@@H](Cc1ccccc1)C(=O)N[C@@H](CO)C(=O)N[C@@H](CCCN=C(N)N)C(=O)O)C(C)C. The van der Waals surface area contributed by atoms with Crippen molar-refractivity contribution in [3.05, 3.63) is 35.9 Å². The summed E-state index contributed by atoms with van der Waals surface area (Å²) in [5.74, 6) is -12.1. The number of aliphatic hydroxyl groups is 2. The van der Waals surface area contributed by atoms with Gasteiger partial charge in [0.25, 0.3) is 0 Å². The van der Waals surface area contributed by atoms with Crippen LogP contribution in [0.2, 0.25) is 0 Å². The molecule has 0 heterocycles. The van der Waals surface area contributed by atoms with Crippen LogP contribution in [0.15, 0.2) is 35.3 Å². The van der Waals surface area contributed by atoms with Crippen molar-refractivity contribution in [3.8, 4) is 0 Å². The zero-order valence-electron chi connectivity index (χ0n) is 38.4. The van der Waals surface area contributed by atoms with E-state index >= 15 is 0 Å². The summed E-state index contributed by atoms with van der Waals surface area (Å²) in [5, 5.41) is 64.8. The number of benzene rings is 1.